The third kappa shape index (κ3) is 18.3. The van der Waals surface area contributed by atoms with Gasteiger partial charge in [-0.25, -0.2) is 0 Å². The number of carboxylic acids is 2. The summed E-state index contributed by atoms with van der Waals surface area (Å²) in [5.74, 6) is -5.04. The van der Waals surface area contributed by atoms with Crippen LogP contribution in [0.1, 0.15) is 40.5 Å². The number of carboxylic acid groups (broad SMARTS) is 2. The van der Waals surface area contributed by atoms with Gasteiger partial charge in [0.15, 0.2) is 12.6 Å². The minimum absolute atomic E-state index is 0. The molecule has 8 nitrogen and oxygen atoms in total. The van der Waals surface area contributed by atoms with Gasteiger partial charge in [-0.15, -0.1) is 0 Å². The van der Waals surface area contributed by atoms with Crippen molar-refractivity contribution in [2.75, 3.05) is 0 Å². The summed E-state index contributed by atoms with van der Waals surface area (Å²) in [4.78, 5) is 58.5. The molecule has 0 bridgehead atoms. The second kappa shape index (κ2) is 18.4. The Hall–Kier alpha value is -1.67. The largest absolute Gasteiger partial charge is 2.00 e. The predicted molar refractivity (Wildman–Crippen MR) is 71.1 cm³/mol. The molecule has 128 valence electrons. The minimum Gasteiger partial charge on any atom is -0.549 e. The van der Waals surface area contributed by atoms with Crippen molar-refractivity contribution in [3.63, 3.8) is 0 Å². The Balaban J connectivity index is -0.000000124. The average Bonchev–Trinajstić information content (AvgIpc) is 2.39. The van der Waals surface area contributed by atoms with Gasteiger partial charge in [0.1, 0.15) is 11.6 Å². The third-order valence-corrected chi connectivity index (χ3v) is 2.42. The molecule has 9 heteroatoms. The fourth-order valence-electron chi connectivity index (χ4n) is 1.24. The summed E-state index contributed by atoms with van der Waals surface area (Å²) in [6, 6.07) is 0. The fraction of sp³-hybridized carbons (Fsp3) is 0.571. The van der Waals surface area contributed by atoms with Crippen LogP contribution < -0.4 is 10.2 Å². The SMILES string of the molecule is CCC(C(C)=O)C(=O)[O-].CCC(C(C)=O)C(=O)[O-].O=CC=O.[Ti+2]. The molecule has 0 amide bonds. The van der Waals surface area contributed by atoms with Gasteiger partial charge < -0.3 is 19.8 Å². The van der Waals surface area contributed by atoms with E-state index in [0.717, 1.165) is 0 Å². The second-order valence-corrected chi connectivity index (χ2v) is 4.05. The standard InChI is InChI=1S/2C6H10O3.C2H2O2.Ti/c2*1-3-5(4(2)7)6(8)9;3-1-2-4;/h2*5H,3H2,1-2H3,(H,8,9);1-2H;/q;;;+2/p-2. The summed E-state index contributed by atoms with van der Waals surface area (Å²) < 4.78 is 0. The number of rotatable bonds is 7. The molecule has 0 aromatic carbocycles. The van der Waals surface area contributed by atoms with E-state index in [1.807, 2.05) is 0 Å². The summed E-state index contributed by atoms with van der Waals surface area (Å²) in [7, 11) is 0. The molecule has 2 unspecified atom stereocenters. The Kier molecular flexibility index (Phi) is 23.5. The normalized spacial score (nSPS) is 10.8. The number of ketones is 2. The Morgan fingerprint density at radius 2 is 1.00 bits per heavy atom. The van der Waals surface area contributed by atoms with Crippen LogP contribution in [0.2, 0.25) is 0 Å². The van der Waals surface area contributed by atoms with E-state index in [-0.39, 0.29) is 45.9 Å². The summed E-state index contributed by atoms with van der Waals surface area (Å²) in [6.07, 6.45) is 1.02. The van der Waals surface area contributed by atoms with E-state index < -0.39 is 23.8 Å². The molecule has 0 fully saturated rings. The van der Waals surface area contributed by atoms with Gasteiger partial charge in [-0.3, -0.25) is 19.2 Å². The first-order chi connectivity index (χ1) is 10.1. The summed E-state index contributed by atoms with van der Waals surface area (Å²) in [6.45, 7) is 5.79. The maximum absolute atomic E-state index is 10.4. The van der Waals surface area contributed by atoms with Crippen LogP contribution in [0.25, 0.3) is 0 Å². The third-order valence-electron chi connectivity index (χ3n) is 2.42. The smallest absolute Gasteiger partial charge is 0.549 e. The first-order valence-corrected chi connectivity index (χ1v) is 6.41. The molecule has 0 aromatic heterocycles. The zero-order valence-electron chi connectivity index (χ0n) is 13.5. The number of aldehydes is 2. The molecular formula is C14H20O8Ti. The van der Waals surface area contributed by atoms with Gasteiger partial charge in [-0.05, 0) is 26.7 Å². The topological polar surface area (TPSA) is 149 Å². The van der Waals surface area contributed by atoms with Crippen LogP contribution in [-0.4, -0.2) is 36.1 Å². The zero-order valence-corrected chi connectivity index (χ0v) is 15.1. The first-order valence-electron chi connectivity index (χ1n) is 6.41. The van der Waals surface area contributed by atoms with Crippen molar-refractivity contribution < 1.29 is 60.7 Å². The van der Waals surface area contributed by atoms with Crippen LogP contribution in [-0.2, 0) is 50.5 Å². The monoisotopic (exact) mass is 364 g/mol. The summed E-state index contributed by atoms with van der Waals surface area (Å²) >= 11 is 0. The van der Waals surface area contributed by atoms with Gasteiger partial charge in [-0.1, -0.05) is 13.8 Å². The molecule has 2 atom stereocenters. The molecule has 0 saturated heterocycles. The van der Waals surface area contributed by atoms with Crippen molar-refractivity contribution in [2.24, 2.45) is 11.8 Å². The molecule has 0 N–H and O–H groups in total. The number of hydrogen-bond acceptors (Lipinski definition) is 8. The summed E-state index contributed by atoms with van der Waals surface area (Å²) in [5.41, 5.74) is 0. The van der Waals surface area contributed by atoms with Crippen LogP contribution in [0.4, 0.5) is 0 Å². The second-order valence-electron chi connectivity index (χ2n) is 4.05. The van der Waals surface area contributed by atoms with Gasteiger partial charge in [0.05, 0.1) is 23.8 Å². The average molecular weight is 364 g/mol. The Morgan fingerprint density at radius 1 is 0.783 bits per heavy atom. The van der Waals surface area contributed by atoms with E-state index >= 15 is 0 Å². The molecule has 0 aliphatic carbocycles. The number of Topliss-reactive ketones (excluding diaryl/α,β-unsaturated/α-hetero) is 2. The number of carbonyl (C=O) groups excluding carboxylic acids is 6. The van der Waals surface area contributed by atoms with Gasteiger partial charge in [0.25, 0.3) is 0 Å². The van der Waals surface area contributed by atoms with Crippen LogP contribution in [0, 0.1) is 11.8 Å². The molecule has 0 spiro atoms. The van der Waals surface area contributed by atoms with Crippen molar-refractivity contribution in [3.05, 3.63) is 0 Å². The van der Waals surface area contributed by atoms with Crippen LogP contribution in [0.15, 0.2) is 0 Å². The molecule has 0 heterocycles. The van der Waals surface area contributed by atoms with Crippen molar-refractivity contribution >= 4 is 36.1 Å². The van der Waals surface area contributed by atoms with E-state index in [4.69, 9.17) is 9.59 Å². The molecule has 0 saturated carbocycles. The molecule has 0 rings (SSSR count). The maximum atomic E-state index is 10.4. The van der Waals surface area contributed by atoms with E-state index in [1.54, 1.807) is 13.8 Å². The summed E-state index contributed by atoms with van der Waals surface area (Å²) in [5, 5.41) is 20.1. The molecule has 0 aliphatic heterocycles. The number of hydrogen-bond donors (Lipinski definition) is 0. The molecule has 0 aromatic rings. The van der Waals surface area contributed by atoms with Gasteiger partial charge >= 0.3 is 21.7 Å². The zero-order chi connectivity index (χ0) is 18.3. The van der Waals surface area contributed by atoms with Gasteiger partial charge in [-0.2, -0.15) is 0 Å². The molecule has 0 radical (unpaired) electrons. The van der Waals surface area contributed by atoms with E-state index in [1.165, 1.54) is 13.8 Å². The van der Waals surface area contributed by atoms with Crippen LogP contribution >= 0.6 is 0 Å². The molecule has 0 aliphatic rings. The van der Waals surface area contributed by atoms with Crippen molar-refractivity contribution in [2.45, 2.75) is 40.5 Å². The molecule has 23 heavy (non-hydrogen) atoms. The van der Waals surface area contributed by atoms with Gasteiger partial charge in [0, 0.05) is 0 Å². The molecular weight excluding hydrogens is 344 g/mol. The van der Waals surface area contributed by atoms with Crippen molar-refractivity contribution in [1.29, 1.82) is 0 Å². The first kappa shape index (κ1) is 29.4. The fourth-order valence-corrected chi connectivity index (χ4v) is 1.24. The Labute approximate surface area is 149 Å². The van der Waals surface area contributed by atoms with E-state index in [9.17, 15) is 29.4 Å². The van der Waals surface area contributed by atoms with Gasteiger partial charge in [0.2, 0.25) is 0 Å². The Bertz CT molecular complexity index is 340. The maximum Gasteiger partial charge on any atom is 2.00 e. The number of carbonyl (C=O) groups is 6. The van der Waals surface area contributed by atoms with Crippen molar-refractivity contribution in [1.82, 2.24) is 0 Å². The predicted octanol–water partition coefficient (Wildman–Crippen LogP) is -1.92. The van der Waals surface area contributed by atoms with Crippen LogP contribution in [0.3, 0.4) is 0 Å². The van der Waals surface area contributed by atoms with E-state index in [2.05, 4.69) is 0 Å². The van der Waals surface area contributed by atoms with Crippen LogP contribution in [0.5, 0.6) is 0 Å². The number of aliphatic carboxylic acids is 2. The minimum atomic E-state index is -1.27. The van der Waals surface area contributed by atoms with E-state index in [0.29, 0.717) is 12.8 Å². The van der Waals surface area contributed by atoms with Crippen molar-refractivity contribution in [3.8, 4) is 0 Å². The quantitative estimate of drug-likeness (QED) is 0.220. The Morgan fingerprint density at radius 3 is 1.00 bits per heavy atom.